The molecule has 2 amide bonds. The van der Waals surface area contributed by atoms with Crippen molar-refractivity contribution in [2.75, 3.05) is 11.9 Å². The van der Waals surface area contributed by atoms with Crippen molar-refractivity contribution in [2.45, 2.75) is 38.6 Å². The van der Waals surface area contributed by atoms with Gasteiger partial charge in [0.1, 0.15) is 6.61 Å². The summed E-state index contributed by atoms with van der Waals surface area (Å²) in [5, 5.41) is 5.61. The zero-order valence-corrected chi connectivity index (χ0v) is 16.7. The minimum Gasteiger partial charge on any atom is -0.444 e. The highest BCUT2D eigenvalue weighted by Crippen LogP contribution is 2.40. The van der Waals surface area contributed by atoms with E-state index in [0.29, 0.717) is 19.4 Å². The topological polar surface area (TPSA) is 89.6 Å². The number of ether oxygens (including phenoxy) is 2. The van der Waals surface area contributed by atoms with E-state index >= 15 is 0 Å². The average Bonchev–Trinajstić information content (AvgIpc) is 3.19. The van der Waals surface area contributed by atoms with Crippen molar-refractivity contribution in [1.29, 1.82) is 0 Å². The van der Waals surface area contributed by atoms with Crippen molar-refractivity contribution in [3.05, 3.63) is 58.9 Å². The van der Waals surface area contributed by atoms with E-state index in [1.165, 1.54) is 0 Å². The molecule has 0 radical (unpaired) electrons. The van der Waals surface area contributed by atoms with E-state index < -0.39 is 6.09 Å². The van der Waals surface area contributed by atoms with E-state index in [9.17, 15) is 9.59 Å². The minimum atomic E-state index is -0.424. The molecule has 1 aliphatic carbocycles. The lowest BCUT2D eigenvalue weighted by Gasteiger charge is -2.30. The molecule has 1 fully saturated rings. The highest BCUT2D eigenvalue weighted by atomic mass is 16.5. The van der Waals surface area contributed by atoms with Crippen LogP contribution in [0.4, 0.5) is 10.5 Å². The van der Waals surface area contributed by atoms with E-state index in [2.05, 4.69) is 33.8 Å². The second kappa shape index (κ2) is 7.57. The summed E-state index contributed by atoms with van der Waals surface area (Å²) in [6.07, 6.45) is 4.50. The van der Waals surface area contributed by atoms with Gasteiger partial charge in [-0.3, -0.25) is 15.1 Å². The normalized spacial score (nSPS) is 23.4. The first-order chi connectivity index (χ1) is 14.6. The number of hydrogen-bond acceptors (Lipinski definition) is 5. The first-order valence-corrected chi connectivity index (χ1v) is 10.2. The van der Waals surface area contributed by atoms with Crippen LogP contribution in [-0.4, -0.2) is 29.6 Å². The van der Waals surface area contributed by atoms with Crippen molar-refractivity contribution >= 4 is 29.3 Å². The molecule has 5 rings (SSSR count). The fourth-order valence-corrected chi connectivity index (χ4v) is 4.33. The predicted octanol–water partition coefficient (Wildman–Crippen LogP) is 3.67. The monoisotopic (exact) mass is 405 g/mol. The van der Waals surface area contributed by atoms with Gasteiger partial charge in [-0.1, -0.05) is 12.1 Å². The molecule has 2 N–H and O–H groups in total. The van der Waals surface area contributed by atoms with Gasteiger partial charge >= 0.3 is 6.09 Å². The molecule has 30 heavy (non-hydrogen) atoms. The summed E-state index contributed by atoms with van der Waals surface area (Å²) in [6.45, 7) is 2.96. The van der Waals surface area contributed by atoms with Gasteiger partial charge in [0.2, 0.25) is 5.91 Å². The van der Waals surface area contributed by atoms with Crippen LogP contribution in [0.25, 0.3) is 11.6 Å². The Kier molecular flexibility index (Phi) is 4.75. The predicted molar refractivity (Wildman–Crippen MR) is 111 cm³/mol. The Morgan fingerprint density at radius 1 is 1.23 bits per heavy atom. The number of carbonyl (C=O) groups is 2. The summed E-state index contributed by atoms with van der Waals surface area (Å²) in [5.74, 6) is 0.265. The van der Waals surface area contributed by atoms with Gasteiger partial charge in [0.15, 0.2) is 0 Å². The number of amides is 2. The lowest BCUT2D eigenvalue weighted by Crippen LogP contribution is -2.26. The van der Waals surface area contributed by atoms with Crippen molar-refractivity contribution in [3.8, 4) is 0 Å². The third-order valence-corrected chi connectivity index (χ3v) is 6.06. The van der Waals surface area contributed by atoms with Crippen LogP contribution in [0.15, 0.2) is 36.5 Å². The molecule has 1 unspecified atom stereocenters. The zero-order chi connectivity index (χ0) is 20.7. The third-order valence-electron chi connectivity index (χ3n) is 6.06. The number of hydrogen-bond donors (Lipinski definition) is 2. The summed E-state index contributed by atoms with van der Waals surface area (Å²) in [5.41, 5.74) is 5.88. The van der Waals surface area contributed by atoms with Crippen LogP contribution in [0, 0.1) is 5.92 Å². The van der Waals surface area contributed by atoms with E-state index in [-0.39, 0.29) is 30.6 Å². The first kappa shape index (κ1) is 18.8. The molecule has 154 valence electrons. The number of rotatable bonds is 4. The van der Waals surface area contributed by atoms with Crippen molar-refractivity contribution in [3.63, 3.8) is 0 Å². The van der Waals surface area contributed by atoms with E-state index in [0.717, 1.165) is 33.6 Å². The minimum absolute atomic E-state index is 0.0477. The molecule has 3 aliphatic rings. The van der Waals surface area contributed by atoms with Crippen LogP contribution in [0.5, 0.6) is 0 Å². The Bertz CT molecular complexity index is 1050. The van der Waals surface area contributed by atoms with Gasteiger partial charge < -0.3 is 14.8 Å². The molecular weight excluding hydrogens is 382 g/mol. The molecule has 2 aliphatic heterocycles. The smallest absolute Gasteiger partial charge is 0.411 e. The number of nitrogens with one attached hydrogen (secondary N) is 2. The Morgan fingerprint density at radius 3 is 2.97 bits per heavy atom. The van der Waals surface area contributed by atoms with Gasteiger partial charge in [-0.25, -0.2) is 4.79 Å². The third kappa shape index (κ3) is 3.57. The van der Waals surface area contributed by atoms with Crippen LogP contribution in [0.3, 0.4) is 0 Å². The summed E-state index contributed by atoms with van der Waals surface area (Å²) in [7, 11) is 0. The molecular formula is C23H23N3O4. The van der Waals surface area contributed by atoms with Gasteiger partial charge in [-0.05, 0) is 42.3 Å². The number of nitrogens with zero attached hydrogens (tertiary/aromatic N) is 1. The van der Waals surface area contributed by atoms with Crippen molar-refractivity contribution in [2.24, 2.45) is 5.92 Å². The summed E-state index contributed by atoms with van der Waals surface area (Å²) in [4.78, 5) is 27.6. The maximum atomic E-state index is 11.6. The molecule has 2 aromatic rings. The van der Waals surface area contributed by atoms with Gasteiger partial charge in [-0.15, -0.1) is 0 Å². The van der Waals surface area contributed by atoms with E-state index in [1.807, 2.05) is 25.1 Å². The molecule has 3 heterocycles. The Balaban J connectivity index is 1.42. The highest BCUT2D eigenvalue weighted by Gasteiger charge is 2.32. The number of carbonyl (C=O) groups excluding carboxylic acids is 2. The van der Waals surface area contributed by atoms with Crippen LogP contribution in [0.1, 0.15) is 48.3 Å². The molecule has 7 heteroatoms. The van der Waals surface area contributed by atoms with Crippen molar-refractivity contribution < 1.29 is 19.1 Å². The highest BCUT2D eigenvalue weighted by molar-refractivity contribution is 5.89. The Labute approximate surface area is 174 Å². The summed E-state index contributed by atoms with van der Waals surface area (Å²) >= 11 is 0. The lowest BCUT2D eigenvalue weighted by atomic mass is 9.88. The fraction of sp³-hybridized carbons (Fsp3) is 0.348. The maximum Gasteiger partial charge on any atom is 0.411 e. The number of aromatic nitrogens is 1. The van der Waals surface area contributed by atoms with Crippen molar-refractivity contribution in [1.82, 2.24) is 10.3 Å². The largest absolute Gasteiger partial charge is 0.444 e. The molecule has 0 bridgehead atoms. The maximum absolute atomic E-state index is 11.6. The number of cyclic esters (lactones) is 1. The number of anilines is 1. The van der Waals surface area contributed by atoms with Gasteiger partial charge in [0.05, 0.1) is 23.6 Å². The van der Waals surface area contributed by atoms with Crippen LogP contribution < -0.4 is 10.6 Å². The van der Waals surface area contributed by atoms with E-state index in [4.69, 9.17) is 9.47 Å². The molecule has 7 nitrogen and oxygen atoms in total. The first-order valence-electron chi connectivity index (χ1n) is 10.2. The van der Waals surface area contributed by atoms with Gasteiger partial charge in [0, 0.05) is 42.6 Å². The van der Waals surface area contributed by atoms with Crippen LogP contribution in [-0.2, 0) is 20.9 Å². The van der Waals surface area contributed by atoms with E-state index in [1.54, 1.807) is 6.20 Å². The Hall–Kier alpha value is -3.19. The Morgan fingerprint density at radius 2 is 2.13 bits per heavy atom. The quantitative estimate of drug-likeness (QED) is 0.810. The van der Waals surface area contributed by atoms with Gasteiger partial charge in [-0.2, -0.15) is 0 Å². The van der Waals surface area contributed by atoms with Crippen LogP contribution >= 0.6 is 0 Å². The lowest BCUT2D eigenvalue weighted by molar-refractivity contribution is -0.119. The second-order valence-electron chi connectivity index (χ2n) is 8.02. The standard InChI is InChI=1S/C23H23N3O4/c1-13(16-10-22(27)25-11-16)30-21-9-15(8-20-18(21)3-2-6-24-20)14-4-5-19-17(7-14)12-29-23(28)26-19/h2-8,13,16,21H,9-12H2,1H3,(H,25,27)(H,26,28)/t13-,16-,21?/m1/s1. The molecule has 1 aromatic heterocycles. The second-order valence-corrected chi connectivity index (χ2v) is 8.02. The molecule has 0 spiro atoms. The SMILES string of the molecule is C[C@@H](OC1CC(c2ccc3c(c2)COC(=O)N3)=Cc2ncccc21)[C@H]1CNC(=O)C1. The molecule has 1 aromatic carbocycles. The molecule has 0 saturated carbocycles. The fourth-order valence-electron chi connectivity index (χ4n) is 4.33. The zero-order valence-electron chi connectivity index (χ0n) is 16.7. The number of benzene rings is 1. The van der Waals surface area contributed by atoms with Gasteiger partial charge in [0.25, 0.3) is 0 Å². The van der Waals surface area contributed by atoms with Crippen LogP contribution in [0.2, 0.25) is 0 Å². The number of pyridine rings is 1. The number of fused-ring (bicyclic) bond motifs is 2. The average molecular weight is 405 g/mol. The molecule has 3 atom stereocenters. The summed E-state index contributed by atoms with van der Waals surface area (Å²) < 4.78 is 11.6. The summed E-state index contributed by atoms with van der Waals surface area (Å²) in [6, 6.07) is 9.95. The molecule has 1 saturated heterocycles.